The van der Waals surface area contributed by atoms with Gasteiger partial charge >= 0.3 is 0 Å². The number of likely N-dealkylation sites (N-methyl/N-ethyl adjacent to an activating group) is 1. The van der Waals surface area contributed by atoms with Crippen LogP contribution in [0, 0.1) is 0 Å². The molecule has 0 aliphatic carbocycles. The Kier molecular flexibility index (Phi) is 9.05. The third-order valence-electron chi connectivity index (χ3n) is 5.84. The van der Waals surface area contributed by atoms with E-state index in [1.165, 1.54) is 13.3 Å². The fourth-order valence-corrected chi connectivity index (χ4v) is 3.89. The molecule has 1 aromatic heterocycles. The predicted molar refractivity (Wildman–Crippen MR) is 141 cm³/mol. The van der Waals surface area contributed by atoms with E-state index in [0.717, 1.165) is 38.3 Å². The molecule has 0 saturated carbocycles. The zero-order chi connectivity index (χ0) is 23.9. The number of ether oxygens (including phenoxy) is 1. The number of halogens is 1. The second-order valence-electron chi connectivity index (χ2n) is 8.23. The molecule has 3 aromatic rings. The molecule has 0 spiro atoms. The molecule has 1 fully saturated rings. The lowest BCUT2D eigenvalue weighted by Crippen LogP contribution is -2.28. The van der Waals surface area contributed by atoms with Crippen molar-refractivity contribution in [1.29, 1.82) is 0 Å². The fourth-order valence-electron chi connectivity index (χ4n) is 3.89. The number of amides is 2. The van der Waals surface area contributed by atoms with Crippen molar-refractivity contribution in [2.75, 3.05) is 55.9 Å². The van der Waals surface area contributed by atoms with E-state index in [2.05, 4.69) is 32.5 Å². The van der Waals surface area contributed by atoms with Crippen molar-refractivity contribution in [2.45, 2.75) is 6.42 Å². The van der Waals surface area contributed by atoms with E-state index in [4.69, 9.17) is 4.74 Å². The summed E-state index contributed by atoms with van der Waals surface area (Å²) in [7, 11) is 3.67. The first-order valence-electron chi connectivity index (χ1n) is 11.3. The number of pyridine rings is 1. The second kappa shape index (κ2) is 12.2. The minimum Gasteiger partial charge on any atom is -0.481 e. The summed E-state index contributed by atoms with van der Waals surface area (Å²) in [6.45, 7) is 4.09. The zero-order valence-electron chi connectivity index (χ0n) is 19.9. The maximum Gasteiger partial charge on any atom is 0.257 e. The number of nitrogens with zero attached hydrogens (tertiary/aromatic N) is 3. The van der Waals surface area contributed by atoms with Gasteiger partial charge in [-0.05, 0) is 62.5 Å². The van der Waals surface area contributed by atoms with Gasteiger partial charge in [0.25, 0.3) is 11.8 Å². The number of benzene rings is 2. The van der Waals surface area contributed by atoms with Crippen LogP contribution in [0.25, 0.3) is 0 Å². The number of hydrogen-bond donors (Lipinski definition) is 2. The van der Waals surface area contributed by atoms with Crippen molar-refractivity contribution in [3.8, 4) is 5.88 Å². The van der Waals surface area contributed by atoms with E-state index >= 15 is 0 Å². The Bertz CT molecular complexity index is 1140. The fraction of sp³-hybridized carbons (Fsp3) is 0.269. The Balaban J connectivity index is 0.00000342. The van der Waals surface area contributed by atoms with Crippen LogP contribution < -0.4 is 20.3 Å². The van der Waals surface area contributed by atoms with Gasteiger partial charge in [0.05, 0.1) is 30.2 Å². The molecule has 4 rings (SSSR count). The second-order valence-corrected chi connectivity index (χ2v) is 8.23. The molecule has 1 aliphatic rings. The quantitative estimate of drug-likeness (QED) is 0.534. The maximum atomic E-state index is 12.9. The minimum absolute atomic E-state index is 0. The number of para-hydroxylation sites is 1. The summed E-state index contributed by atoms with van der Waals surface area (Å²) in [5.74, 6) is -0.155. The largest absolute Gasteiger partial charge is 0.481 e. The molecule has 1 saturated heterocycles. The highest BCUT2D eigenvalue weighted by molar-refractivity contribution is 6.12. The highest BCUT2D eigenvalue weighted by Gasteiger charge is 2.16. The van der Waals surface area contributed by atoms with Crippen molar-refractivity contribution in [3.05, 3.63) is 78.0 Å². The summed E-state index contributed by atoms with van der Waals surface area (Å²) < 4.78 is 5.04. The Morgan fingerprint density at radius 2 is 1.66 bits per heavy atom. The van der Waals surface area contributed by atoms with Gasteiger partial charge in [-0.1, -0.05) is 12.1 Å². The van der Waals surface area contributed by atoms with Crippen LogP contribution in [0.4, 0.5) is 17.1 Å². The number of nitrogens with one attached hydrogen (secondary N) is 2. The molecule has 35 heavy (non-hydrogen) atoms. The SMILES string of the molecule is COc1ccc(NC(=O)c2ccccc2NC(=O)c2ccc(N3CCCN(C)CC3)cc2)cn1.Cl. The summed E-state index contributed by atoms with van der Waals surface area (Å²) in [6, 6.07) is 17.9. The van der Waals surface area contributed by atoms with Crippen LogP contribution >= 0.6 is 12.4 Å². The Labute approximate surface area is 211 Å². The average molecular weight is 496 g/mol. The van der Waals surface area contributed by atoms with Crippen LogP contribution in [0.1, 0.15) is 27.1 Å². The van der Waals surface area contributed by atoms with Crippen molar-refractivity contribution >= 4 is 41.3 Å². The molecule has 184 valence electrons. The molecule has 9 heteroatoms. The topological polar surface area (TPSA) is 86.8 Å². The van der Waals surface area contributed by atoms with Gasteiger partial charge in [-0.15, -0.1) is 12.4 Å². The van der Waals surface area contributed by atoms with Crippen molar-refractivity contribution in [2.24, 2.45) is 0 Å². The Hall–Kier alpha value is -3.62. The highest BCUT2D eigenvalue weighted by Crippen LogP contribution is 2.21. The van der Waals surface area contributed by atoms with Crippen LogP contribution in [0.5, 0.6) is 5.88 Å². The first-order chi connectivity index (χ1) is 16.5. The van der Waals surface area contributed by atoms with Crippen LogP contribution in [0.15, 0.2) is 66.9 Å². The summed E-state index contributed by atoms with van der Waals surface area (Å²) in [5, 5.41) is 5.67. The summed E-state index contributed by atoms with van der Waals surface area (Å²) in [6.07, 6.45) is 2.63. The molecule has 2 heterocycles. The number of methoxy groups -OCH3 is 1. The number of hydrogen-bond acceptors (Lipinski definition) is 6. The van der Waals surface area contributed by atoms with Crippen molar-refractivity contribution in [1.82, 2.24) is 9.88 Å². The molecule has 8 nitrogen and oxygen atoms in total. The Morgan fingerprint density at radius 1 is 0.886 bits per heavy atom. The van der Waals surface area contributed by atoms with Gasteiger partial charge in [0.15, 0.2) is 0 Å². The number of carbonyl (C=O) groups is 2. The van der Waals surface area contributed by atoms with Crippen LogP contribution in [-0.2, 0) is 0 Å². The summed E-state index contributed by atoms with van der Waals surface area (Å²) in [4.78, 5) is 34.5. The molecule has 2 N–H and O–H groups in total. The predicted octanol–water partition coefficient (Wildman–Crippen LogP) is 4.16. The maximum absolute atomic E-state index is 12.9. The molecule has 2 aromatic carbocycles. The third kappa shape index (κ3) is 6.71. The van der Waals surface area contributed by atoms with Gasteiger partial charge in [0, 0.05) is 37.0 Å². The van der Waals surface area contributed by atoms with E-state index < -0.39 is 0 Å². The monoisotopic (exact) mass is 495 g/mol. The average Bonchev–Trinajstić information content (AvgIpc) is 3.09. The number of aromatic nitrogens is 1. The van der Waals surface area contributed by atoms with Gasteiger partial charge < -0.3 is 25.2 Å². The van der Waals surface area contributed by atoms with Crippen LogP contribution in [-0.4, -0.2) is 62.0 Å². The molecule has 0 bridgehead atoms. The number of carbonyl (C=O) groups excluding carboxylic acids is 2. The van der Waals surface area contributed by atoms with Gasteiger partial charge in [-0.25, -0.2) is 4.98 Å². The minimum atomic E-state index is -0.343. The van der Waals surface area contributed by atoms with E-state index in [1.807, 2.05) is 24.3 Å². The van der Waals surface area contributed by atoms with Crippen molar-refractivity contribution < 1.29 is 14.3 Å². The standard InChI is InChI=1S/C26H29N5O3.ClH/c1-30-14-5-15-31(17-16-30)21-11-8-19(9-12-21)25(32)29-23-7-4-3-6-22(23)26(33)28-20-10-13-24(34-2)27-18-20;/h3-4,6-13,18H,5,14-17H2,1-2H3,(H,28,33)(H,29,32);1H. The zero-order valence-corrected chi connectivity index (χ0v) is 20.7. The smallest absolute Gasteiger partial charge is 0.257 e. The molecule has 2 amide bonds. The first-order valence-corrected chi connectivity index (χ1v) is 11.3. The van der Waals surface area contributed by atoms with E-state index in [0.29, 0.717) is 28.4 Å². The van der Waals surface area contributed by atoms with Crippen molar-refractivity contribution in [3.63, 3.8) is 0 Å². The molecular formula is C26H30ClN5O3. The molecule has 0 unspecified atom stereocenters. The van der Waals surface area contributed by atoms with E-state index in [9.17, 15) is 9.59 Å². The first kappa shape index (κ1) is 26.0. The lowest BCUT2D eigenvalue weighted by molar-refractivity contribution is 0.102. The molecule has 0 atom stereocenters. The van der Waals surface area contributed by atoms with E-state index in [1.54, 1.807) is 36.4 Å². The van der Waals surface area contributed by atoms with E-state index in [-0.39, 0.29) is 24.2 Å². The molecule has 0 radical (unpaired) electrons. The summed E-state index contributed by atoms with van der Waals surface area (Å²) >= 11 is 0. The van der Waals surface area contributed by atoms with Crippen LogP contribution in [0.3, 0.4) is 0 Å². The van der Waals surface area contributed by atoms with Gasteiger partial charge in [-0.2, -0.15) is 0 Å². The Morgan fingerprint density at radius 3 is 2.37 bits per heavy atom. The van der Waals surface area contributed by atoms with Gasteiger partial charge in [-0.3, -0.25) is 9.59 Å². The lowest BCUT2D eigenvalue weighted by Gasteiger charge is -2.23. The van der Waals surface area contributed by atoms with Crippen LogP contribution in [0.2, 0.25) is 0 Å². The lowest BCUT2D eigenvalue weighted by atomic mass is 10.1. The number of anilines is 3. The molecule has 1 aliphatic heterocycles. The highest BCUT2D eigenvalue weighted by atomic mass is 35.5. The number of rotatable bonds is 6. The van der Waals surface area contributed by atoms with Gasteiger partial charge in [0.2, 0.25) is 5.88 Å². The molecular weight excluding hydrogens is 466 g/mol. The third-order valence-corrected chi connectivity index (χ3v) is 5.84. The summed E-state index contributed by atoms with van der Waals surface area (Å²) in [5.41, 5.74) is 2.97. The van der Waals surface area contributed by atoms with Gasteiger partial charge in [0.1, 0.15) is 0 Å². The normalized spacial score (nSPS) is 13.8.